The van der Waals surface area contributed by atoms with Gasteiger partial charge in [0, 0.05) is 12.6 Å². The number of aromatic hydroxyl groups is 1. The Morgan fingerprint density at radius 2 is 1.92 bits per heavy atom. The van der Waals surface area contributed by atoms with Crippen LogP contribution in [0, 0.1) is 0 Å². The van der Waals surface area contributed by atoms with Crippen LogP contribution in [0.25, 0.3) is 0 Å². The average Bonchev–Trinajstić information content (AvgIpc) is 2.78. The summed E-state index contributed by atoms with van der Waals surface area (Å²) in [6.45, 7) is 0.948. The zero-order valence-corrected chi connectivity index (χ0v) is 15.4. The maximum absolute atomic E-state index is 10.5. The molecule has 0 amide bonds. The van der Waals surface area contributed by atoms with Crippen molar-refractivity contribution in [3.05, 3.63) is 58.4 Å². The van der Waals surface area contributed by atoms with E-state index in [1.54, 1.807) is 20.3 Å². The number of phenols is 1. The minimum Gasteiger partial charge on any atom is -0.504 e. The van der Waals surface area contributed by atoms with Crippen LogP contribution in [-0.2, 0) is 11.2 Å². The molecule has 0 radical (unpaired) electrons. The first kappa shape index (κ1) is 17.2. The number of phenolic OH excluding ortho intramolecular Hbond substituents is 1. The topological polar surface area (TPSA) is 62.2 Å². The molecular weight excluding hydrogens is 330 g/mol. The number of nitrogens with zero attached hydrogens (tertiary/aromatic N) is 1. The second-order valence-electron chi connectivity index (χ2n) is 7.23. The number of rotatable bonds is 2. The molecule has 1 fully saturated rings. The summed E-state index contributed by atoms with van der Waals surface area (Å²) >= 11 is 0. The number of likely N-dealkylation sites (N-methyl/N-ethyl adjacent to an activating group) is 1. The first-order chi connectivity index (χ1) is 12.5. The molecule has 26 heavy (non-hydrogen) atoms. The van der Waals surface area contributed by atoms with Crippen molar-refractivity contribution >= 4 is 0 Å². The molecule has 2 aliphatic carbocycles. The molecule has 5 nitrogen and oxygen atoms in total. The zero-order valence-electron chi connectivity index (χ0n) is 15.4. The lowest BCUT2D eigenvalue weighted by molar-refractivity contribution is 0.232. The highest BCUT2D eigenvalue weighted by molar-refractivity contribution is 5.56. The quantitative estimate of drug-likeness (QED) is 0.854. The Labute approximate surface area is 153 Å². The number of piperidine rings is 1. The number of allylic oxidation sites excluding steroid dienone is 1. The molecule has 2 bridgehead atoms. The van der Waals surface area contributed by atoms with Crippen molar-refractivity contribution in [1.29, 1.82) is 0 Å². The fourth-order valence-electron chi connectivity index (χ4n) is 4.40. The van der Waals surface area contributed by atoms with E-state index in [-0.39, 0.29) is 17.7 Å². The van der Waals surface area contributed by atoms with Crippen molar-refractivity contribution in [2.24, 2.45) is 0 Å². The molecule has 1 aromatic rings. The van der Waals surface area contributed by atoms with Gasteiger partial charge in [-0.25, -0.2) is 0 Å². The van der Waals surface area contributed by atoms with E-state index in [0.29, 0.717) is 11.5 Å². The van der Waals surface area contributed by atoms with Crippen LogP contribution in [0.4, 0.5) is 0 Å². The van der Waals surface area contributed by atoms with Gasteiger partial charge in [-0.05, 0) is 66.4 Å². The van der Waals surface area contributed by atoms with Crippen molar-refractivity contribution < 1.29 is 19.7 Å². The third kappa shape index (κ3) is 2.72. The maximum atomic E-state index is 10.5. The Hall–Kier alpha value is -2.24. The summed E-state index contributed by atoms with van der Waals surface area (Å²) in [4.78, 5) is 2.35. The number of aliphatic hydroxyl groups is 1. The van der Waals surface area contributed by atoms with E-state index in [4.69, 9.17) is 9.47 Å². The molecule has 0 aromatic heterocycles. The van der Waals surface area contributed by atoms with Gasteiger partial charge in [0.2, 0.25) is 0 Å². The van der Waals surface area contributed by atoms with E-state index in [1.165, 1.54) is 11.1 Å². The highest BCUT2D eigenvalue weighted by Crippen LogP contribution is 2.44. The second-order valence-corrected chi connectivity index (χ2v) is 7.23. The van der Waals surface area contributed by atoms with Crippen molar-refractivity contribution in [3.63, 3.8) is 0 Å². The number of methoxy groups -OCH3 is 2. The monoisotopic (exact) mass is 355 g/mol. The minimum atomic E-state index is -0.671. The molecule has 4 rings (SSSR count). The van der Waals surface area contributed by atoms with Gasteiger partial charge in [-0.1, -0.05) is 6.08 Å². The number of likely N-dealkylation sites (tertiary alicyclic amines) is 1. The Balaban J connectivity index is 1.97. The Bertz CT molecular complexity index is 824. The largest absolute Gasteiger partial charge is 0.504 e. The van der Waals surface area contributed by atoms with Gasteiger partial charge in [0.05, 0.1) is 26.2 Å². The van der Waals surface area contributed by atoms with E-state index >= 15 is 0 Å². The standard InChI is InChI=1S/C21H25NO4/c1-22-5-4-12-6-14(23)9-20(25-2)17-10-16(12)18(22)7-13-8-19(24)21(26-3)11-15(13)17/h6,8-11,14,17-18,23-24H,4-5,7H2,1-3H3/b12-6-,20-9?. The van der Waals surface area contributed by atoms with Crippen LogP contribution in [0.15, 0.2) is 47.3 Å². The Kier molecular flexibility index (Phi) is 4.29. The molecule has 3 atom stereocenters. The van der Waals surface area contributed by atoms with Gasteiger partial charge in [0.15, 0.2) is 11.5 Å². The van der Waals surface area contributed by atoms with Crippen LogP contribution >= 0.6 is 0 Å². The molecule has 3 aliphatic rings. The molecule has 1 aromatic carbocycles. The first-order valence-corrected chi connectivity index (χ1v) is 8.98. The van der Waals surface area contributed by atoms with E-state index in [9.17, 15) is 10.2 Å². The molecule has 0 saturated carbocycles. The molecule has 3 unspecified atom stereocenters. The maximum Gasteiger partial charge on any atom is 0.160 e. The summed E-state index contributed by atoms with van der Waals surface area (Å²) in [7, 11) is 5.32. The first-order valence-electron chi connectivity index (χ1n) is 8.98. The molecule has 1 saturated heterocycles. The SMILES string of the molecule is COC1=CC(O)/C=C2/CCN(C)C3Cc4cc(O)c(OC)cc4C1C=C23. The van der Waals surface area contributed by atoms with E-state index in [0.717, 1.165) is 30.5 Å². The van der Waals surface area contributed by atoms with Crippen LogP contribution < -0.4 is 4.74 Å². The molecule has 2 N–H and O–H groups in total. The summed E-state index contributed by atoms with van der Waals surface area (Å²) in [6.07, 6.45) is 7.02. The normalized spacial score (nSPS) is 29.8. The number of ether oxygens (including phenoxy) is 2. The summed E-state index contributed by atoms with van der Waals surface area (Å²) in [5.41, 5.74) is 4.59. The molecule has 5 heteroatoms. The van der Waals surface area contributed by atoms with Gasteiger partial charge in [-0.15, -0.1) is 0 Å². The van der Waals surface area contributed by atoms with Gasteiger partial charge >= 0.3 is 0 Å². The van der Waals surface area contributed by atoms with Gasteiger partial charge in [-0.2, -0.15) is 0 Å². The Morgan fingerprint density at radius 3 is 2.65 bits per heavy atom. The molecule has 1 heterocycles. The van der Waals surface area contributed by atoms with E-state index in [1.807, 2.05) is 18.2 Å². The van der Waals surface area contributed by atoms with Gasteiger partial charge in [0.1, 0.15) is 5.76 Å². The average molecular weight is 355 g/mol. The van der Waals surface area contributed by atoms with Crippen molar-refractivity contribution in [3.8, 4) is 11.5 Å². The van der Waals surface area contributed by atoms with E-state index < -0.39 is 6.10 Å². The van der Waals surface area contributed by atoms with Gasteiger partial charge in [0.25, 0.3) is 0 Å². The smallest absolute Gasteiger partial charge is 0.160 e. The summed E-state index contributed by atoms with van der Waals surface area (Å²) in [5.74, 6) is 1.20. The predicted octanol–water partition coefficient (Wildman–Crippen LogP) is 2.50. The lowest BCUT2D eigenvalue weighted by Gasteiger charge is -2.37. The van der Waals surface area contributed by atoms with Gasteiger partial charge in [-0.3, -0.25) is 4.90 Å². The summed E-state index contributed by atoms with van der Waals surface area (Å²) in [6, 6.07) is 3.93. The highest BCUT2D eigenvalue weighted by atomic mass is 16.5. The second kappa shape index (κ2) is 6.49. The Morgan fingerprint density at radius 1 is 1.12 bits per heavy atom. The summed E-state index contributed by atoms with van der Waals surface area (Å²) < 4.78 is 11.0. The molecule has 0 spiro atoms. The summed E-state index contributed by atoms with van der Waals surface area (Å²) in [5, 5.41) is 20.8. The van der Waals surface area contributed by atoms with Crippen LogP contribution in [-0.4, -0.2) is 55.1 Å². The van der Waals surface area contributed by atoms with Crippen LogP contribution in [0.5, 0.6) is 11.5 Å². The molecule has 138 valence electrons. The zero-order chi connectivity index (χ0) is 18.4. The number of hydrogen-bond donors (Lipinski definition) is 2. The number of benzene rings is 1. The van der Waals surface area contributed by atoms with Crippen LogP contribution in [0.1, 0.15) is 23.5 Å². The van der Waals surface area contributed by atoms with Crippen LogP contribution in [0.2, 0.25) is 0 Å². The third-order valence-electron chi connectivity index (χ3n) is 5.78. The molecule has 1 aliphatic heterocycles. The third-order valence-corrected chi connectivity index (χ3v) is 5.78. The van der Waals surface area contributed by atoms with Crippen LogP contribution in [0.3, 0.4) is 0 Å². The number of fused-ring (bicyclic) bond motifs is 3. The number of hydrogen-bond acceptors (Lipinski definition) is 5. The lowest BCUT2D eigenvalue weighted by Crippen LogP contribution is -2.40. The van der Waals surface area contributed by atoms with Crippen molar-refractivity contribution in [1.82, 2.24) is 4.90 Å². The predicted molar refractivity (Wildman–Crippen MR) is 99.4 cm³/mol. The highest BCUT2D eigenvalue weighted by Gasteiger charge is 2.35. The number of aliphatic hydroxyl groups excluding tert-OH is 1. The van der Waals surface area contributed by atoms with E-state index in [2.05, 4.69) is 18.0 Å². The van der Waals surface area contributed by atoms with Crippen molar-refractivity contribution in [2.75, 3.05) is 27.8 Å². The van der Waals surface area contributed by atoms with Gasteiger partial charge < -0.3 is 19.7 Å². The van der Waals surface area contributed by atoms with Crippen molar-refractivity contribution in [2.45, 2.75) is 30.9 Å². The lowest BCUT2D eigenvalue weighted by atomic mass is 9.85. The fourth-order valence-corrected chi connectivity index (χ4v) is 4.40. The minimum absolute atomic E-state index is 0.116. The molecular formula is C21H25NO4. The fraction of sp³-hybridized carbons (Fsp3) is 0.429.